The Bertz CT molecular complexity index is 642. The highest BCUT2D eigenvalue weighted by atomic mass is 16.5. The first-order valence-electron chi connectivity index (χ1n) is 9.18. The maximum atomic E-state index is 12.1. The van der Waals surface area contributed by atoms with Gasteiger partial charge in [0.2, 0.25) is 17.7 Å². The lowest BCUT2D eigenvalue weighted by molar-refractivity contribution is -0.121. The minimum absolute atomic E-state index is 0.0793. The van der Waals surface area contributed by atoms with Gasteiger partial charge in [-0.1, -0.05) is 0 Å². The van der Waals surface area contributed by atoms with Crippen LogP contribution in [-0.2, 0) is 19.1 Å². The number of nitrogens with one attached hydrogen (secondary N) is 2. The minimum Gasteiger partial charge on any atom is -0.379 e. The van der Waals surface area contributed by atoms with Crippen molar-refractivity contribution in [2.75, 3.05) is 56.2 Å². The Labute approximate surface area is 159 Å². The molecule has 2 rings (SSSR count). The average Bonchev–Trinajstić information content (AvgIpc) is 2.63. The SMILES string of the molecule is CC(=O)Nc1ccc(N(CCC(=O)NCCN2CCOCC2)C(C)=O)cc1. The predicted molar refractivity (Wildman–Crippen MR) is 104 cm³/mol. The van der Waals surface area contributed by atoms with Crippen molar-refractivity contribution in [1.29, 1.82) is 0 Å². The Kier molecular flexibility index (Phi) is 8.22. The molecule has 0 radical (unpaired) electrons. The van der Waals surface area contributed by atoms with Gasteiger partial charge in [0.25, 0.3) is 0 Å². The maximum Gasteiger partial charge on any atom is 0.223 e. The Morgan fingerprint density at radius 3 is 2.37 bits per heavy atom. The summed E-state index contributed by atoms with van der Waals surface area (Å²) >= 11 is 0. The molecular formula is C19H28N4O4. The number of carbonyl (C=O) groups excluding carboxylic acids is 3. The first-order valence-corrected chi connectivity index (χ1v) is 9.18. The van der Waals surface area contributed by atoms with E-state index in [0.717, 1.165) is 32.8 Å². The molecule has 0 aromatic heterocycles. The molecule has 0 saturated carbocycles. The van der Waals surface area contributed by atoms with Crippen molar-refractivity contribution in [3.8, 4) is 0 Å². The third-order valence-corrected chi connectivity index (χ3v) is 4.30. The number of carbonyl (C=O) groups is 3. The summed E-state index contributed by atoms with van der Waals surface area (Å²) in [6.45, 7) is 7.86. The van der Waals surface area contributed by atoms with Gasteiger partial charge >= 0.3 is 0 Å². The summed E-state index contributed by atoms with van der Waals surface area (Å²) < 4.78 is 5.30. The lowest BCUT2D eigenvalue weighted by Crippen LogP contribution is -2.42. The molecule has 0 aliphatic carbocycles. The van der Waals surface area contributed by atoms with Crippen molar-refractivity contribution in [1.82, 2.24) is 10.2 Å². The Hall–Kier alpha value is -2.45. The molecule has 1 fully saturated rings. The normalized spacial score (nSPS) is 14.4. The first kappa shape index (κ1) is 20.9. The van der Waals surface area contributed by atoms with Crippen LogP contribution in [0.2, 0.25) is 0 Å². The third kappa shape index (κ3) is 7.36. The van der Waals surface area contributed by atoms with E-state index in [2.05, 4.69) is 15.5 Å². The molecule has 1 aliphatic heterocycles. The fraction of sp³-hybridized carbons (Fsp3) is 0.526. The fourth-order valence-electron chi connectivity index (χ4n) is 2.88. The monoisotopic (exact) mass is 376 g/mol. The second-order valence-electron chi connectivity index (χ2n) is 6.45. The average molecular weight is 376 g/mol. The number of anilines is 2. The molecule has 27 heavy (non-hydrogen) atoms. The smallest absolute Gasteiger partial charge is 0.223 e. The van der Waals surface area contributed by atoms with Gasteiger partial charge in [-0.15, -0.1) is 0 Å². The zero-order valence-electron chi connectivity index (χ0n) is 16.0. The molecule has 148 valence electrons. The van der Waals surface area contributed by atoms with Crippen LogP contribution < -0.4 is 15.5 Å². The highest BCUT2D eigenvalue weighted by Crippen LogP contribution is 2.18. The topological polar surface area (TPSA) is 91.0 Å². The van der Waals surface area contributed by atoms with Gasteiger partial charge in [0, 0.05) is 64.4 Å². The van der Waals surface area contributed by atoms with Gasteiger partial charge < -0.3 is 20.3 Å². The molecule has 1 aliphatic rings. The summed E-state index contributed by atoms with van der Waals surface area (Å²) in [4.78, 5) is 38.9. The lowest BCUT2D eigenvalue weighted by atomic mass is 10.2. The van der Waals surface area contributed by atoms with E-state index in [-0.39, 0.29) is 24.1 Å². The Morgan fingerprint density at radius 2 is 1.78 bits per heavy atom. The van der Waals surface area contributed by atoms with Gasteiger partial charge in [-0.05, 0) is 24.3 Å². The van der Waals surface area contributed by atoms with E-state index in [1.165, 1.54) is 13.8 Å². The first-order chi connectivity index (χ1) is 13.0. The molecule has 1 aromatic carbocycles. The van der Waals surface area contributed by atoms with Crippen molar-refractivity contribution in [2.24, 2.45) is 0 Å². The largest absolute Gasteiger partial charge is 0.379 e. The molecule has 0 bridgehead atoms. The quantitative estimate of drug-likeness (QED) is 0.702. The van der Waals surface area contributed by atoms with Crippen LogP contribution in [0.25, 0.3) is 0 Å². The third-order valence-electron chi connectivity index (χ3n) is 4.30. The number of nitrogens with zero attached hydrogens (tertiary/aromatic N) is 2. The van der Waals surface area contributed by atoms with Crippen molar-refractivity contribution < 1.29 is 19.1 Å². The van der Waals surface area contributed by atoms with Crippen LogP contribution in [0.3, 0.4) is 0 Å². The molecule has 8 nitrogen and oxygen atoms in total. The molecule has 3 amide bonds. The van der Waals surface area contributed by atoms with E-state index < -0.39 is 0 Å². The summed E-state index contributed by atoms with van der Waals surface area (Å²) in [6, 6.07) is 6.97. The molecule has 2 N–H and O–H groups in total. The van der Waals surface area contributed by atoms with Crippen LogP contribution in [0.15, 0.2) is 24.3 Å². The van der Waals surface area contributed by atoms with E-state index in [0.29, 0.717) is 24.5 Å². The van der Waals surface area contributed by atoms with Crippen molar-refractivity contribution in [3.63, 3.8) is 0 Å². The number of hydrogen-bond donors (Lipinski definition) is 2. The molecule has 0 unspecified atom stereocenters. The zero-order chi connectivity index (χ0) is 19.6. The summed E-state index contributed by atoms with van der Waals surface area (Å²) in [7, 11) is 0. The van der Waals surface area contributed by atoms with Crippen LogP contribution in [0.5, 0.6) is 0 Å². The molecule has 8 heteroatoms. The van der Waals surface area contributed by atoms with E-state index in [1.807, 2.05) is 0 Å². The van der Waals surface area contributed by atoms with E-state index in [4.69, 9.17) is 4.74 Å². The number of hydrogen-bond acceptors (Lipinski definition) is 5. The van der Waals surface area contributed by atoms with Gasteiger partial charge in [0.05, 0.1) is 13.2 Å². The summed E-state index contributed by atoms with van der Waals surface area (Å²) in [5, 5.41) is 5.58. The van der Waals surface area contributed by atoms with Crippen LogP contribution in [-0.4, -0.2) is 68.6 Å². The number of rotatable bonds is 8. The number of benzene rings is 1. The van der Waals surface area contributed by atoms with E-state index in [1.54, 1.807) is 29.2 Å². The maximum absolute atomic E-state index is 12.1. The number of ether oxygens (including phenoxy) is 1. The summed E-state index contributed by atoms with van der Waals surface area (Å²) in [5.41, 5.74) is 1.35. The lowest BCUT2D eigenvalue weighted by Gasteiger charge is -2.26. The van der Waals surface area contributed by atoms with Crippen LogP contribution >= 0.6 is 0 Å². The van der Waals surface area contributed by atoms with Crippen LogP contribution in [0, 0.1) is 0 Å². The van der Waals surface area contributed by atoms with Crippen molar-refractivity contribution in [2.45, 2.75) is 20.3 Å². The molecule has 1 aromatic rings. The molecule has 0 spiro atoms. The van der Waals surface area contributed by atoms with E-state index >= 15 is 0 Å². The molecule has 0 atom stereocenters. The van der Waals surface area contributed by atoms with Gasteiger partial charge in [-0.2, -0.15) is 0 Å². The molecule has 1 heterocycles. The Morgan fingerprint density at radius 1 is 1.11 bits per heavy atom. The standard InChI is InChI=1S/C19H28N4O4/c1-15(24)21-17-3-5-18(6-4-17)23(16(2)25)9-7-19(26)20-8-10-22-11-13-27-14-12-22/h3-6H,7-14H2,1-2H3,(H,20,26)(H,21,24). The van der Waals surface area contributed by atoms with Gasteiger partial charge in [0.15, 0.2) is 0 Å². The van der Waals surface area contributed by atoms with Crippen molar-refractivity contribution >= 4 is 29.1 Å². The van der Waals surface area contributed by atoms with Crippen molar-refractivity contribution in [3.05, 3.63) is 24.3 Å². The predicted octanol–water partition coefficient (Wildman–Crippen LogP) is 0.836. The highest BCUT2D eigenvalue weighted by Gasteiger charge is 2.14. The molecular weight excluding hydrogens is 348 g/mol. The van der Waals surface area contributed by atoms with Gasteiger partial charge in [0.1, 0.15) is 0 Å². The minimum atomic E-state index is -0.153. The second kappa shape index (κ2) is 10.6. The van der Waals surface area contributed by atoms with Gasteiger partial charge in [-0.25, -0.2) is 0 Å². The zero-order valence-corrected chi connectivity index (χ0v) is 16.0. The van der Waals surface area contributed by atoms with Gasteiger partial charge in [-0.3, -0.25) is 19.3 Å². The fourth-order valence-corrected chi connectivity index (χ4v) is 2.88. The molecule has 1 saturated heterocycles. The highest BCUT2D eigenvalue weighted by molar-refractivity contribution is 5.93. The summed E-state index contributed by atoms with van der Waals surface area (Å²) in [5.74, 6) is -0.368. The second-order valence-corrected chi connectivity index (χ2v) is 6.45. The number of morpholine rings is 1. The van der Waals surface area contributed by atoms with Crippen LogP contribution in [0.4, 0.5) is 11.4 Å². The van der Waals surface area contributed by atoms with E-state index in [9.17, 15) is 14.4 Å². The Balaban J connectivity index is 1.78. The number of amides is 3. The van der Waals surface area contributed by atoms with Crippen LogP contribution in [0.1, 0.15) is 20.3 Å². The summed E-state index contributed by atoms with van der Waals surface area (Å²) in [6.07, 6.45) is 0.232.